The molecule has 0 fully saturated rings. The highest BCUT2D eigenvalue weighted by Crippen LogP contribution is 2.27. The fraction of sp³-hybridized carbons (Fsp3) is 0.250. The maximum atomic E-state index is 10.5. The summed E-state index contributed by atoms with van der Waals surface area (Å²) < 4.78 is 1.14. The first-order valence-corrected chi connectivity index (χ1v) is 7.12. The van der Waals surface area contributed by atoms with E-state index in [1.807, 2.05) is 12.5 Å². The van der Waals surface area contributed by atoms with Crippen LogP contribution in [0.3, 0.4) is 0 Å². The van der Waals surface area contributed by atoms with Gasteiger partial charge in [0.15, 0.2) is 0 Å². The third-order valence-electron chi connectivity index (χ3n) is 1.76. The average molecular weight is 273 g/mol. The molecule has 0 radical (unpaired) electrons. The lowest BCUT2D eigenvalue weighted by atomic mass is 10.5. The maximum absolute atomic E-state index is 10.5. The van der Waals surface area contributed by atoms with E-state index in [4.69, 9.17) is 0 Å². The Kier molecular flexibility index (Phi) is 3.52. The Bertz CT molecular complexity index is 508. The van der Waals surface area contributed by atoms with E-state index < -0.39 is 4.92 Å². The number of nitro groups is 1. The van der Waals surface area contributed by atoms with Crippen molar-refractivity contribution in [3.8, 4) is 0 Å². The van der Waals surface area contributed by atoms with Crippen LogP contribution in [0, 0.1) is 10.1 Å². The van der Waals surface area contributed by atoms with Gasteiger partial charge in [-0.3, -0.25) is 10.1 Å². The van der Waals surface area contributed by atoms with Crippen molar-refractivity contribution >= 4 is 39.4 Å². The zero-order chi connectivity index (χ0) is 11.5. The van der Waals surface area contributed by atoms with Crippen LogP contribution in [0.1, 0.15) is 10.0 Å². The Labute approximate surface area is 104 Å². The second-order valence-electron chi connectivity index (χ2n) is 2.80. The van der Waals surface area contributed by atoms with E-state index in [0.717, 1.165) is 25.6 Å². The number of aromatic nitrogens is 2. The van der Waals surface area contributed by atoms with Crippen molar-refractivity contribution in [2.75, 3.05) is 6.26 Å². The van der Waals surface area contributed by atoms with Crippen molar-refractivity contribution < 1.29 is 4.92 Å². The molecule has 16 heavy (non-hydrogen) atoms. The lowest BCUT2D eigenvalue weighted by molar-refractivity contribution is -0.380. The molecule has 0 aliphatic carbocycles. The SMILES string of the molecule is CSc1cnc(Cc2ncc([N+](=O)[O-])s2)s1. The van der Waals surface area contributed by atoms with E-state index in [1.165, 1.54) is 6.20 Å². The van der Waals surface area contributed by atoms with Gasteiger partial charge in [-0.15, -0.1) is 23.1 Å². The summed E-state index contributed by atoms with van der Waals surface area (Å²) in [5, 5.41) is 12.2. The lowest BCUT2D eigenvalue weighted by Gasteiger charge is -1.88. The van der Waals surface area contributed by atoms with Gasteiger partial charge in [-0.1, -0.05) is 0 Å². The smallest absolute Gasteiger partial charge is 0.257 e. The molecule has 0 unspecified atom stereocenters. The van der Waals surface area contributed by atoms with Crippen LogP contribution in [0.4, 0.5) is 5.00 Å². The molecule has 0 atom stereocenters. The molecule has 0 bridgehead atoms. The molecule has 0 amide bonds. The van der Waals surface area contributed by atoms with Crippen molar-refractivity contribution in [2.45, 2.75) is 10.6 Å². The highest BCUT2D eigenvalue weighted by Gasteiger charge is 2.12. The van der Waals surface area contributed by atoms with Crippen LogP contribution in [0.2, 0.25) is 0 Å². The molecular formula is C8H7N3O2S3. The molecule has 0 saturated carbocycles. The zero-order valence-electron chi connectivity index (χ0n) is 8.24. The molecular weight excluding hydrogens is 266 g/mol. The largest absolute Gasteiger partial charge is 0.343 e. The van der Waals surface area contributed by atoms with Crippen molar-refractivity contribution in [2.24, 2.45) is 0 Å². The molecule has 8 heteroatoms. The van der Waals surface area contributed by atoms with E-state index in [2.05, 4.69) is 9.97 Å². The Morgan fingerprint density at radius 2 is 2.06 bits per heavy atom. The topological polar surface area (TPSA) is 68.9 Å². The second-order valence-corrected chi connectivity index (χ2v) is 6.12. The molecule has 0 aliphatic rings. The van der Waals surface area contributed by atoms with Gasteiger partial charge >= 0.3 is 5.00 Å². The Balaban J connectivity index is 2.11. The highest BCUT2D eigenvalue weighted by molar-refractivity contribution is 8.00. The van der Waals surface area contributed by atoms with Crippen LogP contribution in [0.25, 0.3) is 0 Å². The molecule has 0 saturated heterocycles. The Hall–Kier alpha value is -0.990. The number of thiazole rings is 2. The molecule has 0 spiro atoms. The number of hydrogen-bond donors (Lipinski definition) is 0. The van der Waals surface area contributed by atoms with E-state index >= 15 is 0 Å². The van der Waals surface area contributed by atoms with Crippen LogP contribution in [-0.2, 0) is 6.42 Å². The molecule has 0 N–H and O–H groups in total. The maximum Gasteiger partial charge on any atom is 0.343 e. The zero-order valence-corrected chi connectivity index (χ0v) is 10.7. The molecule has 2 aromatic heterocycles. The van der Waals surface area contributed by atoms with Crippen LogP contribution in [-0.4, -0.2) is 21.1 Å². The van der Waals surface area contributed by atoms with E-state index in [9.17, 15) is 10.1 Å². The van der Waals surface area contributed by atoms with E-state index in [1.54, 1.807) is 23.1 Å². The minimum absolute atomic E-state index is 0.0802. The van der Waals surface area contributed by atoms with Crippen molar-refractivity contribution in [1.29, 1.82) is 0 Å². The van der Waals surface area contributed by atoms with Gasteiger partial charge in [0.05, 0.1) is 21.8 Å². The van der Waals surface area contributed by atoms with Gasteiger partial charge in [-0.05, 0) is 17.6 Å². The predicted octanol–water partition coefficient (Wildman–Crippen LogP) is 2.82. The normalized spacial score (nSPS) is 10.6. The molecule has 0 aliphatic heterocycles. The summed E-state index contributed by atoms with van der Waals surface area (Å²) in [6.07, 6.45) is 5.67. The average Bonchev–Trinajstić information content (AvgIpc) is 2.87. The monoisotopic (exact) mass is 273 g/mol. The molecule has 84 valence electrons. The first-order chi connectivity index (χ1) is 7.69. The Morgan fingerprint density at radius 3 is 2.62 bits per heavy atom. The molecule has 2 heterocycles. The van der Waals surface area contributed by atoms with Gasteiger partial charge < -0.3 is 0 Å². The Morgan fingerprint density at radius 1 is 1.38 bits per heavy atom. The van der Waals surface area contributed by atoms with Crippen molar-refractivity contribution in [1.82, 2.24) is 9.97 Å². The quantitative estimate of drug-likeness (QED) is 0.486. The van der Waals surface area contributed by atoms with Crippen LogP contribution >= 0.6 is 34.4 Å². The first kappa shape index (κ1) is 11.5. The third-order valence-corrected chi connectivity index (χ3v) is 4.76. The third kappa shape index (κ3) is 2.57. The lowest BCUT2D eigenvalue weighted by Crippen LogP contribution is -1.83. The number of rotatable bonds is 4. The summed E-state index contributed by atoms with van der Waals surface area (Å²) >= 11 is 4.34. The highest BCUT2D eigenvalue weighted by atomic mass is 32.2. The first-order valence-electron chi connectivity index (χ1n) is 4.27. The number of thioether (sulfide) groups is 1. The number of nitrogens with zero attached hydrogens (tertiary/aromatic N) is 3. The summed E-state index contributed by atoms with van der Waals surface area (Å²) in [4.78, 5) is 18.3. The number of hydrogen-bond acceptors (Lipinski definition) is 7. The molecule has 2 rings (SSSR count). The summed E-state index contributed by atoms with van der Waals surface area (Å²) in [7, 11) is 0. The summed E-state index contributed by atoms with van der Waals surface area (Å²) in [6, 6.07) is 0. The van der Waals surface area contributed by atoms with Gasteiger partial charge in [0.1, 0.15) is 16.2 Å². The molecule has 0 aromatic carbocycles. The van der Waals surface area contributed by atoms with Crippen LogP contribution in [0.15, 0.2) is 16.6 Å². The minimum Gasteiger partial charge on any atom is -0.257 e. The van der Waals surface area contributed by atoms with E-state index in [0.29, 0.717) is 6.42 Å². The summed E-state index contributed by atoms with van der Waals surface area (Å²) in [5.74, 6) is 0. The summed E-state index contributed by atoms with van der Waals surface area (Å²) in [6.45, 7) is 0. The van der Waals surface area contributed by atoms with Gasteiger partial charge in [-0.25, -0.2) is 9.97 Å². The van der Waals surface area contributed by atoms with Gasteiger partial charge in [-0.2, -0.15) is 0 Å². The van der Waals surface area contributed by atoms with E-state index in [-0.39, 0.29) is 5.00 Å². The van der Waals surface area contributed by atoms with Crippen LogP contribution < -0.4 is 0 Å². The molecule has 5 nitrogen and oxygen atoms in total. The van der Waals surface area contributed by atoms with Crippen LogP contribution in [0.5, 0.6) is 0 Å². The fourth-order valence-corrected chi connectivity index (χ4v) is 3.32. The fourth-order valence-electron chi connectivity index (χ4n) is 1.07. The molecule has 2 aromatic rings. The van der Waals surface area contributed by atoms with Gasteiger partial charge in [0, 0.05) is 0 Å². The van der Waals surface area contributed by atoms with Gasteiger partial charge in [0.25, 0.3) is 0 Å². The standard InChI is InChI=1S/C8H7N3O2S3/c1-14-8-4-10-6(16-8)2-5-9-3-7(15-5)11(12)13/h3-4H,2H2,1H3. The minimum atomic E-state index is -0.420. The van der Waals surface area contributed by atoms with Crippen molar-refractivity contribution in [3.63, 3.8) is 0 Å². The summed E-state index contributed by atoms with van der Waals surface area (Å²) in [5.41, 5.74) is 0. The second kappa shape index (κ2) is 4.89. The predicted molar refractivity (Wildman–Crippen MR) is 65.5 cm³/mol. The van der Waals surface area contributed by atoms with Gasteiger partial charge in [0.2, 0.25) is 0 Å². The van der Waals surface area contributed by atoms with Crippen molar-refractivity contribution in [3.05, 3.63) is 32.5 Å².